The zero-order chi connectivity index (χ0) is 16.8. The van der Waals surface area contributed by atoms with Gasteiger partial charge in [-0.1, -0.05) is 12.1 Å². The molecule has 0 radical (unpaired) electrons. The van der Waals surface area contributed by atoms with Crippen molar-refractivity contribution in [2.75, 3.05) is 28.4 Å². The predicted octanol–water partition coefficient (Wildman–Crippen LogP) is 2.98. The first kappa shape index (κ1) is 16.7. The summed E-state index contributed by atoms with van der Waals surface area (Å²) in [6.07, 6.45) is 0. The molecule has 0 aliphatic carbocycles. The number of rotatable bonds is 6. The number of carbonyl (C=O) groups excluding carboxylic acids is 1. The smallest absolute Gasteiger partial charge is 0.254 e. The quantitative estimate of drug-likeness (QED) is 0.822. The van der Waals surface area contributed by atoms with Gasteiger partial charge in [0, 0.05) is 19.2 Å². The third-order valence-corrected chi connectivity index (χ3v) is 3.53. The fourth-order valence-corrected chi connectivity index (χ4v) is 2.30. The first-order valence-corrected chi connectivity index (χ1v) is 7.19. The Bertz CT molecular complexity index is 684. The van der Waals surface area contributed by atoms with Gasteiger partial charge in [-0.25, -0.2) is 0 Å². The molecule has 0 unspecified atom stereocenters. The second kappa shape index (κ2) is 7.54. The number of benzene rings is 2. The van der Waals surface area contributed by atoms with E-state index in [1.165, 1.54) is 0 Å². The molecule has 2 rings (SSSR count). The van der Waals surface area contributed by atoms with Crippen molar-refractivity contribution < 1.29 is 19.0 Å². The lowest BCUT2D eigenvalue weighted by atomic mass is 10.1. The summed E-state index contributed by atoms with van der Waals surface area (Å²) in [4.78, 5) is 14.2. The van der Waals surface area contributed by atoms with Crippen molar-refractivity contribution in [3.63, 3.8) is 0 Å². The van der Waals surface area contributed by atoms with Crippen LogP contribution >= 0.6 is 0 Å². The van der Waals surface area contributed by atoms with Gasteiger partial charge in [-0.3, -0.25) is 4.79 Å². The highest BCUT2D eigenvalue weighted by Crippen LogP contribution is 2.28. The van der Waals surface area contributed by atoms with Crippen molar-refractivity contribution in [1.29, 1.82) is 0 Å². The zero-order valence-electron chi connectivity index (χ0n) is 13.8. The Morgan fingerprint density at radius 3 is 2.35 bits per heavy atom. The number of carbonyl (C=O) groups is 1. The Morgan fingerprint density at radius 1 is 0.957 bits per heavy atom. The van der Waals surface area contributed by atoms with Crippen molar-refractivity contribution in [3.05, 3.63) is 53.6 Å². The van der Waals surface area contributed by atoms with Gasteiger partial charge in [-0.2, -0.15) is 0 Å². The molecular weight excluding hydrogens is 294 g/mol. The van der Waals surface area contributed by atoms with Crippen LogP contribution in [0.1, 0.15) is 15.9 Å². The molecule has 0 N–H and O–H groups in total. The highest BCUT2D eigenvalue weighted by Gasteiger charge is 2.14. The van der Waals surface area contributed by atoms with Gasteiger partial charge in [-0.15, -0.1) is 0 Å². The fourth-order valence-electron chi connectivity index (χ4n) is 2.30. The molecule has 122 valence electrons. The number of nitrogens with zero attached hydrogens (tertiary/aromatic N) is 1. The van der Waals surface area contributed by atoms with Crippen LogP contribution in [0.3, 0.4) is 0 Å². The Kier molecular flexibility index (Phi) is 5.46. The van der Waals surface area contributed by atoms with Crippen molar-refractivity contribution in [2.45, 2.75) is 6.54 Å². The first-order valence-electron chi connectivity index (χ1n) is 7.19. The fraction of sp³-hybridized carbons (Fsp3) is 0.278. The second-order valence-corrected chi connectivity index (χ2v) is 5.08. The van der Waals surface area contributed by atoms with E-state index < -0.39 is 0 Å². The lowest BCUT2D eigenvalue weighted by molar-refractivity contribution is 0.0784. The summed E-state index contributed by atoms with van der Waals surface area (Å²) >= 11 is 0. The molecule has 0 aromatic heterocycles. The predicted molar refractivity (Wildman–Crippen MR) is 88.3 cm³/mol. The van der Waals surface area contributed by atoms with Crippen LogP contribution in [0.2, 0.25) is 0 Å². The van der Waals surface area contributed by atoms with E-state index in [1.807, 2.05) is 24.3 Å². The van der Waals surface area contributed by atoms with E-state index in [0.717, 1.165) is 5.56 Å². The van der Waals surface area contributed by atoms with Crippen LogP contribution in [0.25, 0.3) is 0 Å². The maximum Gasteiger partial charge on any atom is 0.254 e. The average molecular weight is 315 g/mol. The highest BCUT2D eigenvalue weighted by atomic mass is 16.5. The summed E-state index contributed by atoms with van der Waals surface area (Å²) in [5, 5.41) is 0. The van der Waals surface area contributed by atoms with Crippen molar-refractivity contribution in [1.82, 2.24) is 4.90 Å². The monoisotopic (exact) mass is 315 g/mol. The lowest BCUT2D eigenvalue weighted by Crippen LogP contribution is -2.26. The topological polar surface area (TPSA) is 48.0 Å². The van der Waals surface area contributed by atoms with Crippen LogP contribution in [-0.2, 0) is 6.54 Å². The van der Waals surface area contributed by atoms with E-state index in [0.29, 0.717) is 29.4 Å². The van der Waals surface area contributed by atoms with E-state index in [9.17, 15) is 4.79 Å². The van der Waals surface area contributed by atoms with Crippen molar-refractivity contribution in [2.24, 2.45) is 0 Å². The lowest BCUT2D eigenvalue weighted by Gasteiger charge is -2.18. The van der Waals surface area contributed by atoms with Gasteiger partial charge in [0.1, 0.15) is 5.75 Å². The van der Waals surface area contributed by atoms with Crippen molar-refractivity contribution in [3.8, 4) is 17.2 Å². The van der Waals surface area contributed by atoms with Crippen LogP contribution in [0.4, 0.5) is 0 Å². The SMILES string of the molecule is COc1cccc(C(=O)N(C)Cc2ccc(OC)c(OC)c2)c1. The molecule has 0 saturated carbocycles. The molecule has 0 saturated heterocycles. The van der Waals surface area contributed by atoms with Gasteiger partial charge < -0.3 is 19.1 Å². The summed E-state index contributed by atoms with van der Waals surface area (Å²) in [6.45, 7) is 0.469. The third kappa shape index (κ3) is 3.94. The van der Waals surface area contributed by atoms with Crippen molar-refractivity contribution >= 4 is 5.91 Å². The maximum absolute atomic E-state index is 12.5. The molecule has 0 heterocycles. The van der Waals surface area contributed by atoms with Crippen LogP contribution < -0.4 is 14.2 Å². The zero-order valence-corrected chi connectivity index (χ0v) is 13.8. The summed E-state index contributed by atoms with van der Waals surface area (Å²) in [7, 11) is 6.53. The van der Waals surface area contributed by atoms with E-state index in [4.69, 9.17) is 14.2 Å². The van der Waals surface area contributed by atoms with Crippen LogP contribution in [0.5, 0.6) is 17.2 Å². The largest absolute Gasteiger partial charge is 0.497 e. The molecule has 2 aromatic carbocycles. The van der Waals surface area contributed by atoms with Gasteiger partial charge in [0.05, 0.1) is 21.3 Å². The highest BCUT2D eigenvalue weighted by molar-refractivity contribution is 5.94. The number of ether oxygens (including phenoxy) is 3. The molecular formula is C18H21NO4. The molecule has 0 aliphatic rings. The molecule has 0 aliphatic heterocycles. The van der Waals surface area contributed by atoms with E-state index in [-0.39, 0.29) is 5.91 Å². The molecule has 5 heteroatoms. The maximum atomic E-state index is 12.5. The molecule has 0 atom stereocenters. The summed E-state index contributed by atoms with van der Waals surface area (Å²) in [5.74, 6) is 1.90. The minimum Gasteiger partial charge on any atom is -0.497 e. The van der Waals surface area contributed by atoms with Gasteiger partial charge in [0.15, 0.2) is 11.5 Å². The number of methoxy groups -OCH3 is 3. The van der Waals surface area contributed by atoms with Gasteiger partial charge in [0.2, 0.25) is 0 Å². The summed E-state index contributed by atoms with van der Waals surface area (Å²) < 4.78 is 15.7. The Hall–Kier alpha value is -2.69. The third-order valence-electron chi connectivity index (χ3n) is 3.53. The molecule has 1 amide bonds. The molecule has 0 bridgehead atoms. The molecule has 23 heavy (non-hydrogen) atoms. The second-order valence-electron chi connectivity index (χ2n) is 5.08. The molecule has 2 aromatic rings. The first-order chi connectivity index (χ1) is 11.1. The minimum absolute atomic E-state index is 0.0707. The average Bonchev–Trinajstić information content (AvgIpc) is 2.60. The van der Waals surface area contributed by atoms with Crippen LogP contribution in [0, 0.1) is 0 Å². The van der Waals surface area contributed by atoms with E-state index >= 15 is 0 Å². The number of hydrogen-bond acceptors (Lipinski definition) is 4. The summed E-state index contributed by atoms with van der Waals surface area (Å²) in [5.41, 5.74) is 1.55. The van der Waals surface area contributed by atoms with Crippen LogP contribution in [-0.4, -0.2) is 39.2 Å². The van der Waals surface area contributed by atoms with Gasteiger partial charge in [0.25, 0.3) is 5.91 Å². The Balaban J connectivity index is 2.14. The molecule has 0 spiro atoms. The van der Waals surface area contributed by atoms with E-state index in [2.05, 4.69) is 0 Å². The molecule has 0 fully saturated rings. The van der Waals surface area contributed by atoms with E-state index in [1.54, 1.807) is 51.5 Å². The molecule has 5 nitrogen and oxygen atoms in total. The standard InChI is InChI=1S/C18H21NO4/c1-19(18(20)14-6-5-7-15(11-14)21-2)12-13-8-9-16(22-3)17(10-13)23-4/h5-11H,12H2,1-4H3. The Morgan fingerprint density at radius 2 is 1.70 bits per heavy atom. The number of hydrogen-bond donors (Lipinski definition) is 0. The van der Waals surface area contributed by atoms with Gasteiger partial charge >= 0.3 is 0 Å². The normalized spacial score (nSPS) is 10.1. The number of amides is 1. The summed E-state index contributed by atoms with van der Waals surface area (Å²) in [6, 6.07) is 12.7. The van der Waals surface area contributed by atoms with Crippen LogP contribution in [0.15, 0.2) is 42.5 Å². The minimum atomic E-state index is -0.0707. The Labute approximate surface area is 136 Å². The van der Waals surface area contributed by atoms with Gasteiger partial charge in [-0.05, 0) is 35.9 Å².